The number of anilines is 1. The van der Waals surface area contributed by atoms with Gasteiger partial charge in [-0.25, -0.2) is 0 Å². The number of halogens is 2. The monoisotopic (exact) mass is 423 g/mol. The van der Waals surface area contributed by atoms with E-state index in [1.807, 2.05) is 0 Å². The summed E-state index contributed by atoms with van der Waals surface area (Å²) in [5.41, 5.74) is 0.593. The number of rotatable bonds is 4. The predicted molar refractivity (Wildman–Crippen MR) is 94.7 cm³/mol. The first-order chi connectivity index (χ1) is 10.7. The number of benzene rings is 1. The molecule has 1 unspecified atom stereocenters. The second kappa shape index (κ2) is 7.48. The highest BCUT2D eigenvalue weighted by molar-refractivity contribution is 9.10. The first-order valence-corrected chi connectivity index (χ1v) is 9.72. The highest BCUT2D eigenvalue weighted by Crippen LogP contribution is 2.27. The number of hydrogen-bond acceptors (Lipinski definition) is 3. The predicted octanol–water partition coefficient (Wildman–Crippen LogP) is 2.56. The molecule has 0 spiro atoms. The van der Waals surface area contributed by atoms with Gasteiger partial charge in [-0.3, -0.25) is 4.79 Å². The number of carbonyl (C=O) groups is 1. The maximum atomic E-state index is 12.4. The molecule has 1 aromatic carbocycles. The Balaban J connectivity index is 2.06. The summed E-state index contributed by atoms with van der Waals surface area (Å²) < 4.78 is 27.7. The summed E-state index contributed by atoms with van der Waals surface area (Å²) in [7, 11) is -0.514. The average molecular weight is 425 g/mol. The van der Waals surface area contributed by atoms with E-state index in [4.69, 9.17) is 11.6 Å². The van der Waals surface area contributed by atoms with E-state index in [1.54, 1.807) is 18.2 Å². The van der Waals surface area contributed by atoms with Crippen molar-refractivity contribution >= 4 is 49.3 Å². The van der Waals surface area contributed by atoms with Crippen LogP contribution in [0.3, 0.4) is 0 Å². The molecule has 1 aromatic rings. The summed E-state index contributed by atoms with van der Waals surface area (Å²) in [5.74, 6) is -0.567. The number of nitrogens with zero attached hydrogens (tertiary/aromatic N) is 2. The molecule has 23 heavy (non-hydrogen) atoms. The average Bonchev–Trinajstić information content (AvgIpc) is 2.51. The lowest BCUT2D eigenvalue weighted by atomic mass is 9.99. The minimum Gasteiger partial charge on any atom is -0.326 e. The minimum absolute atomic E-state index is 0.191. The summed E-state index contributed by atoms with van der Waals surface area (Å²) in [5, 5.41) is 3.30. The van der Waals surface area contributed by atoms with Gasteiger partial charge >= 0.3 is 0 Å². The van der Waals surface area contributed by atoms with E-state index >= 15 is 0 Å². The van der Waals surface area contributed by atoms with Gasteiger partial charge in [-0.15, -0.1) is 0 Å². The number of nitrogens with one attached hydrogen (secondary N) is 1. The summed E-state index contributed by atoms with van der Waals surface area (Å²) >= 11 is 9.30. The molecule has 2 rings (SSSR count). The van der Waals surface area contributed by atoms with Gasteiger partial charge in [0.1, 0.15) is 0 Å². The Bertz CT molecular complexity index is 697. The minimum atomic E-state index is -3.49. The molecule has 1 atom stereocenters. The molecule has 1 aliphatic rings. The summed E-state index contributed by atoms with van der Waals surface area (Å²) in [6, 6.07) is 5.15. The normalized spacial score (nSPS) is 19.8. The largest absolute Gasteiger partial charge is 0.326 e. The number of hydrogen-bond donors (Lipinski definition) is 1. The van der Waals surface area contributed by atoms with Gasteiger partial charge in [-0.2, -0.15) is 17.0 Å². The summed E-state index contributed by atoms with van der Waals surface area (Å²) in [4.78, 5) is 12.4. The van der Waals surface area contributed by atoms with Gasteiger partial charge in [0, 0.05) is 37.3 Å². The lowest BCUT2D eigenvalue weighted by molar-refractivity contribution is -0.120. The molecule has 1 aliphatic heterocycles. The van der Waals surface area contributed by atoms with Crippen LogP contribution in [-0.2, 0) is 15.0 Å². The fourth-order valence-corrected chi connectivity index (χ4v) is 4.03. The Morgan fingerprint density at radius 1 is 1.43 bits per heavy atom. The smallest absolute Gasteiger partial charge is 0.281 e. The second-order valence-corrected chi connectivity index (χ2v) is 9.01. The zero-order valence-electron chi connectivity index (χ0n) is 12.9. The maximum Gasteiger partial charge on any atom is 0.281 e. The molecule has 128 valence electrons. The van der Waals surface area contributed by atoms with E-state index in [1.165, 1.54) is 22.7 Å². The van der Waals surface area contributed by atoms with Gasteiger partial charge < -0.3 is 5.32 Å². The summed E-state index contributed by atoms with van der Waals surface area (Å²) in [6.07, 6.45) is 1.32. The molecule has 0 radical (unpaired) electrons. The van der Waals surface area contributed by atoms with Crippen molar-refractivity contribution in [3.05, 3.63) is 27.7 Å². The molecule has 1 saturated heterocycles. The van der Waals surface area contributed by atoms with E-state index < -0.39 is 10.2 Å². The summed E-state index contributed by atoms with van der Waals surface area (Å²) in [6.45, 7) is 0.630. The van der Waals surface area contributed by atoms with Crippen molar-refractivity contribution in [3.8, 4) is 0 Å². The lowest BCUT2D eigenvalue weighted by Gasteiger charge is -2.32. The molecule has 1 heterocycles. The van der Waals surface area contributed by atoms with Gasteiger partial charge in [-0.1, -0.05) is 11.6 Å². The van der Waals surface area contributed by atoms with Gasteiger partial charge in [0.05, 0.1) is 10.9 Å². The first kappa shape index (κ1) is 18.7. The molecular weight excluding hydrogens is 406 g/mol. The lowest BCUT2D eigenvalue weighted by Crippen LogP contribution is -2.47. The Kier molecular flexibility index (Phi) is 6.07. The fraction of sp³-hybridized carbons (Fsp3) is 0.500. The quantitative estimate of drug-likeness (QED) is 0.807. The molecule has 1 N–H and O–H groups in total. The molecule has 1 amide bonds. The van der Waals surface area contributed by atoms with E-state index in [9.17, 15) is 13.2 Å². The first-order valence-electron chi connectivity index (χ1n) is 7.15. The van der Waals surface area contributed by atoms with Gasteiger partial charge in [0.15, 0.2) is 0 Å². The van der Waals surface area contributed by atoms with Crippen LogP contribution in [0.5, 0.6) is 0 Å². The molecule has 9 heteroatoms. The Morgan fingerprint density at radius 3 is 2.74 bits per heavy atom. The molecule has 0 aliphatic carbocycles. The van der Waals surface area contributed by atoms with Crippen molar-refractivity contribution in [1.82, 2.24) is 8.61 Å². The van der Waals surface area contributed by atoms with Crippen molar-refractivity contribution in [1.29, 1.82) is 0 Å². The third kappa shape index (κ3) is 4.45. The second-order valence-electron chi connectivity index (χ2n) is 5.61. The SMILES string of the molecule is CN(C)S(=O)(=O)N1CCCC(C(=O)Nc2ccc(Br)c(Cl)c2)C1. The Morgan fingerprint density at radius 2 is 2.13 bits per heavy atom. The van der Waals surface area contributed by atoms with Crippen molar-refractivity contribution in [2.24, 2.45) is 5.92 Å². The van der Waals surface area contributed by atoms with Crippen molar-refractivity contribution in [3.63, 3.8) is 0 Å². The van der Waals surface area contributed by atoms with E-state index in [0.717, 1.165) is 4.47 Å². The standard InChI is InChI=1S/C14H19BrClN3O3S/c1-18(2)23(21,22)19-7-3-4-10(9-19)14(20)17-11-5-6-12(15)13(16)8-11/h5-6,8,10H,3-4,7,9H2,1-2H3,(H,17,20). The Labute approximate surface area is 150 Å². The molecule has 6 nitrogen and oxygen atoms in total. The van der Waals surface area contributed by atoms with Gasteiger partial charge in [0.25, 0.3) is 10.2 Å². The highest BCUT2D eigenvalue weighted by Gasteiger charge is 2.33. The third-order valence-electron chi connectivity index (χ3n) is 3.73. The van der Waals surface area contributed by atoms with Crippen LogP contribution in [0.2, 0.25) is 5.02 Å². The molecular formula is C14H19BrClN3O3S. The maximum absolute atomic E-state index is 12.4. The molecule has 0 aromatic heterocycles. The number of carbonyl (C=O) groups excluding carboxylic acids is 1. The van der Waals surface area contributed by atoms with Crippen molar-refractivity contribution < 1.29 is 13.2 Å². The highest BCUT2D eigenvalue weighted by atomic mass is 79.9. The molecule has 0 bridgehead atoms. The van der Waals surface area contributed by atoms with E-state index in [2.05, 4.69) is 21.2 Å². The zero-order valence-corrected chi connectivity index (χ0v) is 16.1. The topological polar surface area (TPSA) is 69.7 Å². The van der Waals surface area contributed by atoms with Crippen LogP contribution >= 0.6 is 27.5 Å². The number of piperidine rings is 1. The van der Waals surface area contributed by atoms with Crippen LogP contribution in [0.1, 0.15) is 12.8 Å². The fourth-order valence-electron chi connectivity index (χ4n) is 2.42. The van der Waals surface area contributed by atoms with Crippen LogP contribution in [0.25, 0.3) is 0 Å². The van der Waals surface area contributed by atoms with Crippen molar-refractivity contribution in [2.45, 2.75) is 12.8 Å². The molecule has 0 saturated carbocycles. The zero-order chi connectivity index (χ0) is 17.2. The van der Waals surface area contributed by atoms with Gasteiger partial charge in [-0.05, 0) is 47.0 Å². The van der Waals surface area contributed by atoms with Crippen LogP contribution in [-0.4, -0.2) is 50.1 Å². The van der Waals surface area contributed by atoms with Crippen molar-refractivity contribution in [2.75, 3.05) is 32.5 Å². The molecule has 1 fully saturated rings. The van der Waals surface area contributed by atoms with Crippen LogP contribution < -0.4 is 5.32 Å². The number of amides is 1. The Hall–Kier alpha value is -0.670. The van der Waals surface area contributed by atoms with Crippen LogP contribution in [0.15, 0.2) is 22.7 Å². The van der Waals surface area contributed by atoms with Gasteiger partial charge in [0.2, 0.25) is 5.91 Å². The van der Waals surface area contributed by atoms with E-state index in [-0.39, 0.29) is 18.4 Å². The van der Waals surface area contributed by atoms with Crippen LogP contribution in [0, 0.1) is 5.92 Å². The van der Waals surface area contributed by atoms with E-state index in [0.29, 0.717) is 30.1 Å². The van der Waals surface area contributed by atoms with Crippen LogP contribution in [0.4, 0.5) is 5.69 Å². The third-order valence-corrected chi connectivity index (χ3v) is 6.87.